The van der Waals surface area contributed by atoms with Crippen LogP contribution in [0, 0.1) is 5.92 Å². The molecule has 100 valence electrons. The molecule has 0 amide bonds. The van der Waals surface area contributed by atoms with E-state index < -0.39 is 0 Å². The van der Waals surface area contributed by atoms with Gasteiger partial charge in [0.05, 0.1) is 0 Å². The summed E-state index contributed by atoms with van der Waals surface area (Å²) < 4.78 is 0. The fourth-order valence-electron chi connectivity index (χ4n) is 2.62. The summed E-state index contributed by atoms with van der Waals surface area (Å²) in [5.41, 5.74) is 1.59. The minimum Gasteiger partial charge on any atom is -0.314 e. The van der Waals surface area contributed by atoms with E-state index in [9.17, 15) is 0 Å². The maximum Gasteiger partial charge on any atom is 0.0107 e. The van der Waals surface area contributed by atoms with Crippen LogP contribution in [-0.2, 0) is 0 Å². The number of rotatable bonds is 6. The van der Waals surface area contributed by atoms with Crippen LogP contribution in [0.2, 0.25) is 0 Å². The summed E-state index contributed by atoms with van der Waals surface area (Å²) in [7, 11) is 0. The van der Waals surface area contributed by atoms with E-state index in [4.69, 9.17) is 0 Å². The van der Waals surface area contributed by atoms with Crippen LogP contribution in [0.3, 0.4) is 0 Å². The van der Waals surface area contributed by atoms with E-state index in [1.165, 1.54) is 23.5 Å². The van der Waals surface area contributed by atoms with Crippen molar-refractivity contribution in [3.05, 3.63) is 29.8 Å². The van der Waals surface area contributed by atoms with Crippen LogP contribution in [0.5, 0.6) is 0 Å². The van der Waals surface area contributed by atoms with Crippen LogP contribution in [-0.4, -0.2) is 18.3 Å². The Labute approximate surface area is 116 Å². The topological polar surface area (TPSA) is 12.0 Å². The van der Waals surface area contributed by atoms with Crippen LogP contribution in [0.25, 0.3) is 0 Å². The van der Waals surface area contributed by atoms with Gasteiger partial charge in [0, 0.05) is 16.7 Å². The third-order valence-electron chi connectivity index (χ3n) is 3.81. The first kappa shape index (κ1) is 14.0. The van der Waals surface area contributed by atoms with Gasteiger partial charge in [0.1, 0.15) is 0 Å². The van der Waals surface area contributed by atoms with Crippen LogP contribution in [0.1, 0.15) is 45.1 Å². The maximum absolute atomic E-state index is 3.59. The first-order valence-corrected chi connectivity index (χ1v) is 8.14. The van der Waals surface area contributed by atoms with E-state index in [0.717, 1.165) is 18.4 Å². The van der Waals surface area contributed by atoms with Gasteiger partial charge in [-0.1, -0.05) is 45.4 Å². The molecule has 2 unspecified atom stereocenters. The second kappa shape index (κ2) is 6.63. The molecule has 1 N–H and O–H groups in total. The predicted molar refractivity (Wildman–Crippen MR) is 81.4 cm³/mol. The van der Waals surface area contributed by atoms with Crippen molar-refractivity contribution in [2.75, 3.05) is 12.3 Å². The second-order valence-electron chi connectivity index (χ2n) is 5.62. The average molecular weight is 263 g/mol. The van der Waals surface area contributed by atoms with Crippen LogP contribution in [0.15, 0.2) is 29.2 Å². The van der Waals surface area contributed by atoms with E-state index in [1.807, 2.05) is 11.8 Å². The average Bonchev–Trinajstić information content (AvgIpc) is 2.77. The molecule has 0 saturated heterocycles. The Morgan fingerprint density at radius 3 is 2.83 bits per heavy atom. The van der Waals surface area contributed by atoms with Crippen molar-refractivity contribution >= 4 is 11.8 Å². The second-order valence-corrected chi connectivity index (χ2v) is 6.68. The van der Waals surface area contributed by atoms with E-state index in [0.29, 0.717) is 6.04 Å². The molecule has 0 radical (unpaired) electrons. The fourth-order valence-corrected chi connectivity index (χ4v) is 3.90. The molecule has 0 bridgehead atoms. The van der Waals surface area contributed by atoms with E-state index in [-0.39, 0.29) is 0 Å². The smallest absolute Gasteiger partial charge is 0.0107 e. The monoisotopic (exact) mass is 263 g/mol. The van der Waals surface area contributed by atoms with Gasteiger partial charge >= 0.3 is 0 Å². The summed E-state index contributed by atoms with van der Waals surface area (Å²) in [6.07, 6.45) is 2.61. The van der Waals surface area contributed by atoms with Gasteiger partial charge in [0.15, 0.2) is 0 Å². The molecule has 0 aliphatic carbocycles. The molecule has 1 nitrogen and oxygen atoms in total. The number of fused-ring (bicyclic) bond motifs is 1. The van der Waals surface area contributed by atoms with E-state index >= 15 is 0 Å². The van der Waals surface area contributed by atoms with Crippen LogP contribution in [0.4, 0.5) is 0 Å². The zero-order valence-electron chi connectivity index (χ0n) is 11.8. The highest BCUT2D eigenvalue weighted by Gasteiger charge is 2.24. The van der Waals surface area contributed by atoms with Crippen molar-refractivity contribution in [1.29, 1.82) is 0 Å². The largest absolute Gasteiger partial charge is 0.314 e. The lowest BCUT2D eigenvalue weighted by atomic mass is 9.88. The molecule has 1 aliphatic heterocycles. The maximum atomic E-state index is 3.59. The lowest BCUT2D eigenvalue weighted by molar-refractivity contribution is 0.393. The van der Waals surface area contributed by atoms with E-state index in [2.05, 4.69) is 50.4 Å². The Morgan fingerprint density at radius 1 is 1.33 bits per heavy atom. The summed E-state index contributed by atoms with van der Waals surface area (Å²) >= 11 is 2.03. The van der Waals surface area contributed by atoms with E-state index in [1.54, 1.807) is 5.56 Å². The molecular formula is C16H25NS. The molecule has 18 heavy (non-hydrogen) atoms. The van der Waals surface area contributed by atoms with Gasteiger partial charge in [-0.15, -0.1) is 11.8 Å². The minimum atomic E-state index is 0.601. The molecule has 2 rings (SSSR count). The van der Waals surface area contributed by atoms with Crippen molar-refractivity contribution in [3.8, 4) is 0 Å². The quantitative estimate of drug-likeness (QED) is 0.821. The lowest BCUT2D eigenvalue weighted by Crippen LogP contribution is -2.29. The summed E-state index contributed by atoms with van der Waals surface area (Å²) in [6.45, 7) is 7.94. The van der Waals surface area contributed by atoms with Crippen molar-refractivity contribution in [1.82, 2.24) is 5.32 Å². The third-order valence-corrected chi connectivity index (χ3v) is 5.06. The summed E-state index contributed by atoms with van der Waals surface area (Å²) in [5.74, 6) is 2.85. The van der Waals surface area contributed by atoms with Gasteiger partial charge in [-0.2, -0.15) is 0 Å². The standard InChI is InChI=1S/C16H25NS/c1-4-13(10-17-12(2)3)9-14-11-18-16-8-6-5-7-15(14)16/h5-8,12-14,17H,4,9-11H2,1-3H3. The molecule has 1 heterocycles. The number of hydrogen-bond acceptors (Lipinski definition) is 2. The number of hydrogen-bond donors (Lipinski definition) is 1. The molecule has 1 aromatic carbocycles. The Bertz CT molecular complexity index is 375. The first-order valence-electron chi connectivity index (χ1n) is 7.15. The number of nitrogens with one attached hydrogen (secondary N) is 1. The fraction of sp³-hybridized carbons (Fsp3) is 0.625. The summed E-state index contributed by atoms with van der Waals surface area (Å²) in [6, 6.07) is 9.54. The molecule has 1 aliphatic rings. The molecule has 1 aromatic rings. The Hall–Kier alpha value is -0.470. The van der Waals surface area contributed by atoms with Crippen molar-refractivity contribution in [3.63, 3.8) is 0 Å². The molecule has 0 spiro atoms. The zero-order chi connectivity index (χ0) is 13.0. The molecule has 2 atom stereocenters. The SMILES string of the molecule is CCC(CNC(C)C)CC1CSc2ccccc21. The van der Waals surface area contributed by atoms with Crippen molar-refractivity contribution in [2.45, 2.75) is 50.5 Å². The highest BCUT2D eigenvalue weighted by molar-refractivity contribution is 7.99. The molecular weight excluding hydrogens is 238 g/mol. The summed E-state index contributed by atoms with van der Waals surface area (Å²) in [5, 5.41) is 3.59. The first-order chi connectivity index (χ1) is 8.70. The Kier molecular flexibility index (Phi) is 5.13. The minimum absolute atomic E-state index is 0.601. The van der Waals surface area contributed by atoms with Gasteiger partial charge in [-0.3, -0.25) is 0 Å². The van der Waals surface area contributed by atoms with Gasteiger partial charge < -0.3 is 5.32 Å². The van der Waals surface area contributed by atoms with Crippen LogP contribution >= 0.6 is 11.8 Å². The summed E-state index contributed by atoms with van der Waals surface area (Å²) in [4.78, 5) is 1.51. The Morgan fingerprint density at radius 2 is 2.11 bits per heavy atom. The molecule has 0 fully saturated rings. The third kappa shape index (κ3) is 3.52. The normalized spacial score (nSPS) is 20.1. The predicted octanol–water partition coefficient (Wildman–Crippen LogP) is 4.29. The molecule has 0 aromatic heterocycles. The van der Waals surface area contributed by atoms with Crippen LogP contribution < -0.4 is 5.32 Å². The van der Waals surface area contributed by atoms with Crippen molar-refractivity contribution < 1.29 is 0 Å². The molecule has 0 saturated carbocycles. The van der Waals surface area contributed by atoms with Gasteiger partial charge in [0.25, 0.3) is 0 Å². The number of thioether (sulfide) groups is 1. The van der Waals surface area contributed by atoms with Crippen molar-refractivity contribution in [2.24, 2.45) is 5.92 Å². The van der Waals surface area contributed by atoms with Gasteiger partial charge in [-0.05, 0) is 36.4 Å². The Balaban J connectivity index is 1.93. The van der Waals surface area contributed by atoms with Gasteiger partial charge in [-0.25, -0.2) is 0 Å². The number of benzene rings is 1. The lowest BCUT2D eigenvalue weighted by Gasteiger charge is -2.21. The zero-order valence-corrected chi connectivity index (χ0v) is 12.6. The molecule has 2 heteroatoms. The highest BCUT2D eigenvalue weighted by Crippen LogP contribution is 2.42. The van der Waals surface area contributed by atoms with Gasteiger partial charge in [0.2, 0.25) is 0 Å². The highest BCUT2D eigenvalue weighted by atomic mass is 32.2.